The summed E-state index contributed by atoms with van der Waals surface area (Å²) in [5.74, 6) is 0.904. The highest BCUT2D eigenvalue weighted by molar-refractivity contribution is 5.95. The Bertz CT molecular complexity index is 1430. The number of rotatable bonds is 9. The Hall–Kier alpha value is -3.68. The zero-order valence-corrected chi connectivity index (χ0v) is 25.5. The first kappa shape index (κ1) is 30.8. The van der Waals surface area contributed by atoms with Crippen LogP contribution in [0.3, 0.4) is 0 Å². The Morgan fingerprint density at radius 3 is 2.63 bits per heavy atom. The van der Waals surface area contributed by atoms with Crippen LogP contribution in [0.2, 0.25) is 0 Å². The average Bonchev–Trinajstić information content (AvgIpc) is 3.79. The van der Waals surface area contributed by atoms with E-state index in [0.29, 0.717) is 42.6 Å². The smallest absolute Gasteiger partial charge is 0.251 e. The van der Waals surface area contributed by atoms with Gasteiger partial charge in [0.05, 0.1) is 18.8 Å². The van der Waals surface area contributed by atoms with Gasteiger partial charge in [0, 0.05) is 23.7 Å². The molecule has 1 aliphatic carbocycles. The quantitative estimate of drug-likeness (QED) is 0.309. The van der Waals surface area contributed by atoms with Gasteiger partial charge in [-0.3, -0.25) is 9.59 Å². The van der Waals surface area contributed by atoms with Gasteiger partial charge in [0.15, 0.2) is 5.78 Å². The maximum atomic E-state index is 13.7. The van der Waals surface area contributed by atoms with Gasteiger partial charge in [-0.1, -0.05) is 62.4 Å². The number of benzene rings is 3. The van der Waals surface area contributed by atoms with E-state index < -0.39 is 12.1 Å². The second-order valence-electron chi connectivity index (χ2n) is 12.4. The molecule has 1 heterocycles. The molecule has 5 rings (SSSR count). The number of fused-ring (bicyclic) bond motifs is 4. The van der Waals surface area contributed by atoms with Crippen molar-refractivity contribution in [2.24, 2.45) is 0 Å². The number of aliphatic hydroxyl groups is 1. The lowest BCUT2D eigenvalue weighted by atomic mass is 9.95. The van der Waals surface area contributed by atoms with Crippen LogP contribution < -0.4 is 20.1 Å². The molecule has 0 aromatic heterocycles. The van der Waals surface area contributed by atoms with Gasteiger partial charge >= 0.3 is 0 Å². The van der Waals surface area contributed by atoms with Crippen molar-refractivity contribution in [3.63, 3.8) is 0 Å². The fourth-order valence-electron chi connectivity index (χ4n) is 5.71. The van der Waals surface area contributed by atoms with Crippen LogP contribution in [0.15, 0.2) is 66.7 Å². The van der Waals surface area contributed by atoms with E-state index in [1.165, 1.54) is 23.6 Å². The van der Waals surface area contributed by atoms with Crippen molar-refractivity contribution in [1.29, 1.82) is 0 Å². The molecule has 1 saturated carbocycles. The van der Waals surface area contributed by atoms with Gasteiger partial charge < -0.3 is 25.2 Å². The molecule has 0 spiro atoms. The van der Waals surface area contributed by atoms with Gasteiger partial charge in [-0.05, 0) is 85.8 Å². The van der Waals surface area contributed by atoms with E-state index in [1.807, 2.05) is 6.07 Å². The Morgan fingerprint density at radius 1 is 1.07 bits per heavy atom. The van der Waals surface area contributed by atoms with Gasteiger partial charge in [0.25, 0.3) is 5.91 Å². The number of hydrogen-bond donors (Lipinski definition) is 3. The third kappa shape index (κ3) is 8.24. The molecule has 2 atom stereocenters. The van der Waals surface area contributed by atoms with Gasteiger partial charge in [-0.15, -0.1) is 0 Å². The first-order valence-electron chi connectivity index (χ1n) is 15.5. The van der Waals surface area contributed by atoms with Gasteiger partial charge in [0.2, 0.25) is 0 Å². The summed E-state index contributed by atoms with van der Waals surface area (Å²) >= 11 is 0. The minimum Gasteiger partial charge on any atom is -0.493 e. The first-order chi connectivity index (χ1) is 20.7. The molecule has 3 aromatic rings. The maximum Gasteiger partial charge on any atom is 0.251 e. The fourth-order valence-corrected chi connectivity index (χ4v) is 5.71. The summed E-state index contributed by atoms with van der Waals surface area (Å²) < 4.78 is 11.6. The Labute approximate surface area is 255 Å². The number of aliphatic hydroxyl groups excluding tert-OH is 1. The topological polar surface area (TPSA) is 96.9 Å². The molecule has 4 bridgehead atoms. The summed E-state index contributed by atoms with van der Waals surface area (Å²) in [5, 5.41) is 18.3. The molecule has 7 nitrogen and oxygen atoms in total. The zero-order chi connectivity index (χ0) is 30.4. The minimum atomic E-state index is -0.832. The predicted octanol–water partition coefficient (Wildman–Crippen LogP) is 5.47. The van der Waals surface area contributed by atoms with Crippen molar-refractivity contribution in [2.45, 2.75) is 82.9 Å². The van der Waals surface area contributed by atoms with Crippen LogP contribution in [0, 0.1) is 0 Å². The molecular weight excluding hydrogens is 540 g/mol. The summed E-state index contributed by atoms with van der Waals surface area (Å²) in [6.45, 7) is 6.61. The largest absolute Gasteiger partial charge is 0.493 e. The molecule has 0 saturated heterocycles. The normalized spacial score (nSPS) is 18.9. The summed E-state index contributed by atoms with van der Waals surface area (Å²) in [6, 6.07) is 21.6. The van der Waals surface area contributed by atoms with Crippen LogP contribution in [0.4, 0.5) is 0 Å². The fraction of sp³-hybridized carbons (Fsp3) is 0.444. The Morgan fingerprint density at radius 2 is 1.86 bits per heavy atom. The Balaban J connectivity index is 1.38. The lowest BCUT2D eigenvalue weighted by Crippen LogP contribution is -2.50. The van der Waals surface area contributed by atoms with Crippen molar-refractivity contribution >= 4 is 11.7 Å². The van der Waals surface area contributed by atoms with E-state index in [9.17, 15) is 14.7 Å². The monoisotopic (exact) mass is 584 g/mol. The number of ether oxygens (including phenoxy) is 2. The number of nitrogens with one attached hydrogen (secondary N) is 2. The Kier molecular flexibility index (Phi) is 9.83. The van der Waals surface area contributed by atoms with E-state index in [2.05, 4.69) is 66.9 Å². The number of carbonyl (C=O) groups is 2. The van der Waals surface area contributed by atoms with Crippen LogP contribution in [-0.2, 0) is 23.2 Å². The number of amides is 1. The maximum absolute atomic E-state index is 13.7. The highest BCUT2D eigenvalue weighted by Gasteiger charge is 2.44. The predicted molar refractivity (Wildman–Crippen MR) is 168 cm³/mol. The van der Waals surface area contributed by atoms with E-state index >= 15 is 0 Å². The van der Waals surface area contributed by atoms with Crippen LogP contribution >= 0.6 is 0 Å². The third-order valence-electron chi connectivity index (χ3n) is 8.45. The molecule has 228 valence electrons. The van der Waals surface area contributed by atoms with E-state index in [4.69, 9.17) is 9.47 Å². The zero-order valence-electron chi connectivity index (χ0n) is 25.5. The highest BCUT2D eigenvalue weighted by Crippen LogP contribution is 2.46. The van der Waals surface area contributed by atoms with Crippen LogP contribution in [0.5, 0.6) is 11.5 Å². The highest BCUT2D eigenvalue weighted by atomic mass is 16.5. The van der Waals surface area contributed by atoms with Gasteiger partial charge in [-0.25, -0.2) is 0 Å². The number of carbonyl (C=O) groups excluding carboxylic acids is 2. The van der Waals surface area contributed by atoms with Crippen molar-refractivity contribution in [1.82, 2.24) is 10.6 Å². The summed E-state index contributed by atoms with van der Waals surface area (Å²) in [5.41, 5.74) is 5.06. The van der Waals surface area contributed by atoms with E-state index in [0.717, 1.165) is 37.7 Å². The molecule has 2 aliphatic rings. The van der Waals surface area contributed by atoms with E-state index in [1.54, 1.807) is 18.2 Å². The lowest BCUT2D eigenvalue weighted by molar-refractivity contribution is -0.118. The molecule has 3 N–H and O–H groups in total. The molecule has 3 aromatic carbocycles. The van der Waals surface area contributed by atoms with Crippen LogP contribution in [-0.4, -0.2) is 48.7 Å². The van der Waals surface area contributed by atoms with E-state index in [-0.39, 0.29) is 23.8 Å². The first-order valence-corrected chi connectivity index (χ1v) is 15.5. The SMILES string of the molecule is CC(=O)COc1cc2cc(c1)C(=O)N[C@@H]([C@@H](O)CNC1(c3cccc(C(C)C)c3)CC1)Cc1cccc(c1)CCCCO2. The molecule has 0 radical (unpaired) electrons. The lowest BCUT2D eigenvalue weighted by Gasteiger charge is -2.28. The standard InChI is InChI=1S/C36H44N2O5/c1-24(2)28-11-7-12-30(18-28)36(13-14-36)37-22-34(40)33-17-27-10-6-9-26(16-27)8-4-5-15-42-31-19-29(35(41)38-33)20-32(21-31)43-23-25(3)39/h6-7,9-12,16,18-21,24,33-34,37,40H,4-5,8,13-15,17,22-23H2,1-3H3,(H,38,41)/t33-,34+/m1/s1. The molecule has 43 heavy (non-hydrogen) atoms. The molecule has 1 aliphatic heterocycles. The van der Waals surface area contributed by atoms with Crippen molar-refractivity contribution in [3.8, 4) is 11.5 Å². The second kappa shape index (κ2) is 13.7. The van der Waals surface area contributed by atoms with Crippen molar-refractivity contribution in [2.75, 3.05) is 19.8 Å². The van der Waals surface area contributed by atoms with Gasteiger partial charge in [0.1, 0.15) is 18.1 Å². The van der Waals surface area contributed by atoms with Crippen molar-refractivity contribution in [3.05, 3.63) is 94.5 Å². The summed E-state index contributed by atoms with van der Waals surface area (Å²) in [6.07, 6.45) is 4.42. The summed E-state index contributed by atoms with van der Waals surface area (Å²) in [7, 11) is 0. The molecule has 1 amide bonds. The van der Waals surface area contributed by atoms with Crippen molar-refractivity contribution < 1.29 is 24.2 Å². The summed E-state index contributed by atoms with van der Waals surface area (Å²) in [4.78, 5) is 25.2. The molecule has 1 fully saturated rings. The number of ketones is 1. The molecule has 7 heteroatoms. The minimum absolute atomic E-state index is 0.0883. The van der Waals surface area contributed by atoms with Crippen LogP contribution in [0.1, 0.15) is 85.0 Å². The number of aryl methyl sites for hydroxylation is 1. The number of Topliss-reactive ketones (excluding diaryl/α,β-unsaturated/α-hetero) is 1. The van der Waals surface area contributed by atoms with Crippen LogP contribution in [0.25, 0.3) is 0 Å². The second-order valence-corrected chi connectivity index (χ2v) is 12.4. The third-order valence-corrected chi connectivity index (χ3v) is 8.45. The average molecular weight is 585 g/mol. The number of hydrogen-bond acceptors (Lipinski definition) is 6. The van der Waals surface area contributed by atoms with Gasteiger partial charge in [-0.2, -0.15) is 0 Å². The molecular formula is C36H44N2O5. The molecule has 0 unspecified atom stereocenters.